The van der Waals surface area contributed by atoms with Crippen LogP contribution in [0, 0.1) is 0 Å². The van der Waals surface area contributed by atoms with Gasteiger partial charge in [-0.05, 0) is 12.1 Å². The van der Waals surface area contributed by atoms with Crippen LogP contribution in [0.2, 0.25) is 0 Å². The minimum absolute atomic E-state index is 0.00502. The van der Waals surface area contributed by atoms with Crippen molar-refractivity contribution >= 4 is 15.9 Å². The first-order valence-electron chi connectivity index (χ1n) is 4.51. The van der Waals surface area contributed by atoms with E-state index in [1.165, 1.54) is 31.1 Å². The van der Waals surface area contributed by atoms with Crippen molar-refractivity contribution < 1.29 is 17.6 Å². The molecule has 1 heterocycles. The van der Waals surface area contributed by atoms with E-state index in [-0.39, 0.29) is 16.8 Å². The number of hydrogen-bond acceptors (Lipinski definition) is 4. The molecular formula is C9H14N2O4S. The molecule has 0 radical (unpaired) electrons. The van der Waals surface area contributed by atoms with Gasteiger partial charge in [0.1, 0.15) is 0 Å². The van der Waals surface area contributed by atoms with Gasteiger partial charge in [-0.3, -0.25) is 4.79 Å². The van der Waals surface area contributed by atoms with E-state index in [4.69, 9.17) is 4.42 Å². The molecule has 0 aliphatic rings. The standard InChI is InChI=1S/C9H14N2O4S/c1-10(2)9(12)7-5-6-8(15-7)16(13,14)11(3)4/h5-6H,1-4H3. The molecule has 6 nitrogen and oxygen atoms in total. The summed E-state index contributed by atoms with van der Waals surface area (Å²) in [6, 6.07) is 2.62. The Morgan fingerprint density at radius 3 is 2.19 bits per heavy atom. The Morgan fingerprint density at radius 1 is 1.19 bits per heavy atom. The summed E-state index contributed by atoms with van der Waals surface area (Å²) in [5.74, 6) is -0.370. The Balaban J connectivity index is 3.10. The molecule has 90 valence electrons. The fourth-order valence-electron chi connectivity index (χ4n) is 0.974. The Kier molecular flexibility index (Phi) is 3.39. The van der Waals surface area contributed by atoms with Crippen molar-refractivity contribution in [1.29, 1.82) is 0 Å². The summed E-state index contributed by atoms with van der Waals surface area (Å²) in [7, 11) is 2.29. The Hall–Kier alpha value is -1.34. The quantitative estimate of drug-likeness (QED) is 0.765. The smallest absolute Gasteiger partial charge is 0.289 e. The molecule has 0 spiro atoms. The van der Waals surface area contributed by atoms with E-state index in [1.54, 1.807) is 14.1 Å². The number of sulfonamides is 1. The van der Waals surface area contributed by atoms with Crippen LogP contribution in [-0.2, 0) is 10.0 Å². The highest BCUT2D eigenvalue weighted by molar-refractivity contribution is 7.88. The third-order valence-electron chi connectivity index (χ3n) is 1.93. The lowest BCUT2D eigenvalue weighted by Crippen LogP contribution is -2.22. The van der Waals surface area contributed by atoms with Crippen LogP contribution in [-0.4, -0.2) is 51.7 Å². The highest BCUT2D eigenvalue weighted by atomic mass is 32.2. The van der Waals surface area contributed by atoms with Crippen LogP contribution in [0.1, 0.15) is 10.6 Å². The first kappa shape index (κ1) is 12.7. The van der Waals surface area contributed by atoms with Crippen molar-refractivity contribution in [3.63, 3.8) is 0 Å². The van der Waals surface area contributed by atoms with E-state index in [9.17, 15) is 13.2 Å². The van der Waals surface area contributed by atoms with E-state index >= 15 is 0 Å². The number of furan rings is 1. The van der Waals surface area contributed by atoms with Crippen LogP contribution in [0.3, 0.4) is 0 Å². The van der Waals surface area contributed by atoms with Crippen LogP contribution in [0.4, 0.5) is 0 Å². The zero-order chi connectivity index (χ0) is 12.5. The minimum atomic E-state index is -3.62. The average Bonchev–Trinajstić information content (AvgIpc) is 2.65. The van der Waals surface area contributed by atoms with Gasteiger partial charge in [-0.1, -0.05) is 0 Å². The SMILES string of the molecule is CN(C)C(=O)c1ccc(S(=O)(=O)N(C)C)o1. The van der Waals surface area contributed by atoms with Gasteiger partial charge in [-0.2, -0.15) is 0 Å². The fourth-order valence-corrected chi connectivity index (χ4v) is 1.77. The van der Waals surface area contributed by atoms with Crippen molar-refractivity contribution in [1.82, 2.24) is 9.21 Å². The second-order valence-electron chi connectivity index (χ2n) is 3.61. The molecule has 0 aliphatic carbocycles. The maximum atomic E-state index is 11.6. The van der Waals surface area contributed by atoms with E-state index in [0.717, 1.165) is 4.31 Å². The van der Waals surface area contributed by atoms with Crippen molar-refractivity contribution in [2.45, 2.75) is 5.09 Å². The molecule has 0 fully saturated rings. The summed E-state index contributed by atoms with van der Waals surface area (Å²) in [6.07, 6.45) is 0. The summed E-state index contributed by atoms with van der Waals surface area (Å²) in [5.41, 5.74) is 0. The molecule has 0 aliphatic heterocycles. The second-order valence-corrected chi connectivity index (χ2v) is 5.69. The summed E-state index contributed by atoms with van der Waals surface area (Å²) < 4.78 is 29.3. The second kappa shape index (κ2) is 4.26. The van der Waals surface area contributed by atoms with Gasteiger partial charge >= 0.3 is 0 Å². The highest BCUT2D eigenvalue weighted by Crippen LogP contribution is 2.17. The number of hydrogen-bond donors (Lipinski definition) is 0. The predicted molar refractivity (Wildman–Crippen MR) is 57.6 cm³/mol. The van der Waals surface area contributed by atoms with E-state index < -0.39 is 10.0 Å². The molecule has 1 aromatic heterocycles. The number of carbonyl (C=O) groups is 1. The summed E-state index contributed by atoms with van der Waals surface area (Å²) in [4.78, 5) is 12.8. The maximum absolute atomic E-state index is 11.6. The van der Waals surface area contributed by atoms with E-state index in [1.807, 2.05) is 0 Å². The number of carbonyl (C=O) groups excluding carboxylic acids is 1. The van der Waals surface area contributed by atoms with Gasteiger partial charge in [0.25, 0.3) is 15.9 Å². The Bertz CT molecular complexity index is 487. The summed E-state index contributed by atoms with van der Waals surface area (Å²) in [5, 5.41) is -0.234. The number of amides is 1. The van der Waals surface area contributed by atoms with Crippen molar-refractivity contribution in [2.24, 2.45) is 0 Å². The van der Waals surface area contributed by atoms with Gasteiger partial charge in [0.05, 0.1) is 0 Å². The molecule has 0 unspecified atom stereocenters. The van der Waals surface area contributed by atoms with Gasteiger partial charge in [0.2, 0.25) is 5.09 Å². The molecule has 1 rings (SSSR count). The minimum Gasteiger partial charge on any atom is -0.438 e. The molecule has 0 atom stereocenters. The maximum Gasteiger partial charge on any atom is 0.289 e. The summed E-state index contributed by atoms with van der Waals surface area (Å²) in [6.45, 7) is 0. The highest BCUT2D eigenvalue weighted by Gasteiger charge is 2.23. The Morgan fingerprint density at radius 2 is 1.75 bits per heavy atom. The monoisotopic (exact) mass is 246 g/mol. The molecular weight excluding hydrogens is 232 g/mol. The van der Waals surface area contributed by atoms with E-state index in [0.29, 0.717) is 0 Å². The van der Waals surface area contributed by atoms with Gasteiger partial charge in [0, 0.05) is 28.2 Å². The van der Waals surface area contributed by atoms with Crippen molar-refractivity contribution in [3.05, 3.63) is 17.9 Å². The van der Waals surface area contributed by atoms with Gasteiger partial charge in [-0.15, -0.1) is 0 Å². The third-order valence-corrected chi connectivity index (χ3v) is 3.62. The largest absolute Gasteiger partial charge is 0.438 e. The first-order valence-corrected chi connectivity index (χ1v) is 5.95. The average molecular weight is 246 g/mol. The zero-order valence-electron chi connectivity index (χ0n) is 9.59. The van der Waals surface area contributed by atoms with E-state index in [2.05, 4.69) is 0 Å². The molecule has 0 saturated heterocycles. The normalized spacial score (nSPS) is 11.8. The van der Waals surface area contributed by atoms with Gasteiger partial charge < -0.3 is 9.32 Å². The molecule has 7 heteroatoms. The third kappa shape index (κ3) is 2.25. The molecule has 0 saturated carbocycles. The zero-order valence-corrected chi connectivity index (χ0v) is 10.4. The summed E-state index contributed by atoms with van der Waals surface area (Å²) >= 11 is 0. The topological polar surface area (TPSA) is 70.8 Å². The molecule has 0 N–H and O–H groups in total. The van der Waals surface area contributed by atoms with Crippen LogP contribution in [0.25, 0.3) is 0 Å². The number of nitrogens with zero attached hydrogens (tertiary/aromatic N) is 2. The van der Waals surface area contributed by atoms with Crippen molar-refractivity contribution in [2.75, 3.05) is 28.2 Å². The fraction of sp³-hybridized carbons (Fsp3) is 0.444. The molecule has 1 aromatic rings. The Labute approximate surface area is 94.5 Å². The van der Waals surface area contributed by atoms with Crippen LogP contribution >= 0.6 is 0 Å². The van der Waals surface area contributed by atoms with Gasteiger partial charge in [-0.25, -0.2) is 12.7 Å². The van der Waals surface area contributed by atoms with Crippen LogP contribution in [0.5, 0.6) is 0 Å². The first-order chi connectivity index (χ1) is 7.26. The molecule has 16 heavy (non-hydrogen) atoms. The lowest BCUT2D eigenvalue weighted by Gasteiger charge is -2.09. The number of rotatable bonds is 3. The van der Waals surface area contributed by atoms with Gasteiger partial charge in [0.15, 0.2) is 5.76 Å². The van der Waals surface area contributed by atoms with Crippen LogP contribution in [0.15, 0.2) is 21.6 Å². The lowest BCUT2D eigenvalue weighted by molar-refractivity contribution is 0.0791. The lowest BCUT2D eigenvalue weighted by atomic mass is 10.4. The molecule has 0 aromatic carbocycles. The molecule has 1 amide bonds. The molecule has 0 bridgehead atoms. The predicted octanol–water partition coefficient (Wildman–Crippen LogP) is 0.232. The van der Waals surface area contributed by atoms with Crippen LogP contribution < -0.4 is 0 Å². The van der Waals surface area contributed by atoms with Crippen molar-refractivity contribution in [3.8, 4) is 0 Å².